The van der Waals surface area contributed by atoms with Gasteiger partial charge < -0.3 is 29.4 Å². The van der Waals surface area contributed by atoms with Crippen LogP contribution in [0.3, 0.4) is 0 Å². The standard InChI is InChI=1S/C32H34N2O6/c1-4-6-16-37-23-11-8-21(9-12-23)32(35)39-24-13-14-25-28(19-24)40-31(34)26(20-33)30(25)22-10-15-27(29(18-22)36-3)38-17-7-5-2/h8-15,18-19,30H,4-7,16-17,34H2,1-3H3. The van der Waals surface area contributed by atoms with Gasteiger partial charge in [0.1, 0.15) is 28.9 Å². The number of unbranched alkanes of at least 4 members (excludes halogenated alkanes) is 2. The van der Waals surface area contributed by atoms with Crippen molar-refractivity contribution in [3.05, 3.63) is 88.8 Å². The van der Waals surface area contributed by atoms with Crippen LogP contribution >= 0.6 is 0 Å². The fraction of sp³-hybridized carbons (Fsp3) is 0.312. The molecular formula is C32H34N2O6. The molecule has 3 aromatic carbocycles. The van der Waals surface area contributed by atoms with Crippen molar-refractivity contribution in [2.45, 2.75) is 45.4 Å². The minimum absolute atomic E-state index is 0.00984. The molecule has 1 atom stereocenters. The molecule has 0 radical (unpaired) electrons. The second kappa shape index (κ2) is 13.4. The average Bonchev–Trinajstić information content (AvgIpc) is 2.97. The largest absolute Gasteiger partial charge is 0.494 e. The monoisotopic (exact) mass is 542 g/mol. The number of carbonyl (C=O) groups excluding carboxylic acids is 1. The molecule has 0 saturated heterocycles. The Kier molecular flexibility index (Phi) is 9.53. The number of fused-ring (bicyclic) bond motifs is 1. The number of hydrogen-bond acceptors (Lipinski definition) is 8. The summed E-state index contributed by atoms with van der Waals surface area (Å²) < 4.78 is 28.5. The van der Waals surface area contributed by atoms with Crippen molar-refractivity contribution in [3.63, 3.8) is 0 Å². The molecule has 40 heavy (non-hydrogen) atoms. The van der Waals surface area contributed by atoms with Gasteiger partial charge in [-0.1, -0.05) is 38.8 Å². The zero-order valence-corrected chi connectivity index (χ0v) is 23.1. The first-order valence-electron chi connectivity index (χ1n) is 13.5. The van der Waals surface area contributed by atoms with Gasteiger partial charge in [-0.15, -0.1) is 0 Å². The highest BCUT2D eigenvalue weighted by Gasteiger charge is 2.32. The quantitative estimate of drug-likeness (QED) is 0.157. The molecule has 0 aliphatic carbocycles. The minimum atomic E-state index is -0.517. The zero-order chi connectivity index (χ0) is 28.5. The van der Waals surface area contributed by atoms with Gasteiger partial charge in [0.25, 0.3) is 0 Å². The average molecular weight is 543 g/mol. The second-order valence-corrected chi connectivity index (χ2v) is 9.35. The van der Waals surface area contributed by atoms with Crippen LogP contribution in [0, 0.1) is 11.3 Å². The minimum Gasteiger partial charge on any atom is -0.494 e. The van der Waals surface area contributed by atoms with Gasteiger partial charge in [0.05, 0.1) is 31.8 Å². The molecular weight excluding hydrogens is 508 g/mol. The molecule has 8 nitrogen and oxygen atoms in total. The van der Waals surface area contributed by atoms with Crippen LogP contribution in [0.4, 0.5) is 0 Å². The van der Waals surface area contributed by atoms with Crippen LogP contribution in [0.1, 0.15) is 66.9 Å². The van der Waals surface area contributed by atoms with Gasteiger partial charge in [-0.25, -0.2) is 4.79 Å². The molecule has 0 bridgehead atoms. The lowest BCUT2D eigenvalue weighted by molar-refractivity contribution is 0.0734. The summed E-state index contributed by atoms with van der Waals surface area (Å²) >= 11 is 0. The molecule has 0 saturated carbocycles. The Balaban J connectivity index is 1.57. The van der Waals surface area contributed by atoms with Gasteiger partial charge in [-0.2, -0.15) is 5.26 Å². The molecule has 208 valence electrons. The van der Waals surface area contributed by atoms with Crippen molar-refractivity contribution < 1.29 is 28.5 Å². The van der Waals surface area contributed by atoms with Crippen molar-refractivity contribution >= 4 is 5.97 Å². The van der Waals surface area contributed by atoms with Gasteiger partial charge in [-0.3, -0.25) is 0 Å². The van der Waals surface area contributed by atoms with E-state index in [-0.39, 0.29) is 17.2 Å². The van der Waals surface area contributed by atoms with Crippen LogP contribution in [-0.2, 0) is 0 Å². The van der Waals surface area contributed by atoms with Gasteiger partial charge in [0, 0.05) is 11.6 Å². The lowest BCUT2D eigenvalue weighted by Crippen LogP contribution is -2.21. The number of benzene rings is 3. The van der Waals surface area contributed by atoms with Crippen molar-refractivity contribution in [3.8, 4) is 34.8 Å². The molecule has 1 aliphatic heterocycles. The van der Waals surface area contributed by atoms with E-state index in [0.717, 1.165) is 31.2 Å². The van der Waals surface area contributed by atoms with E-state index in [1.165, 1.54) is 0 Å². The number of nitriles is 1. The number of methoxy groups -OCH3 is 1. The first-order chi connectivity index (χ1) is 19.5. The Morgan fingerprint density at radius 3 is 2.30 bits per heavy atom. The third-order valence-corrected chi connectivity index (χ3v) is 6.53. The summed E-state index contributed by atoms with van der Waals surface area (Å²) in [5.74, 6) is 1.55. The Morgan fingerprint density at radius 2 is 1.62 bits per heavy atom. The maximum absolute atomic E-state index is 12.8. The normalized spacial score (nSPS) is 14.0. The van der Waals surface area contributed by atoms with Gasteiger partial charge >= 0.3 is 5.97 Å². The van der Waals surface area contributed by atoms with Crippen molar-refractivity contribution in [2.75, 3.05) is 20.3 Å². The van der Waals surface area contributed by atoms with Crippen LogP contribution < -0.4 is 29.4 Å². The van der Waals surface area contributed by atoms with E-state index in [2.05, 4.69) is 19.9 Å². The summed E-state index contributed by atoms with van der Waals surface area (Å²) in [5.41, 5.74) is 8.33. The van der Waals surface area contributed by atoms with E-state index in [4.69, 9.17) is 29.4 Å². The van der Waals surface area contributed by atoms with Gasteiger partial charge in [0.15, 0.2) is 11.5 Å². The summed E-state index contributed by atoms with van der Waals surface area (Å²) in [6.07, 6.45) is 3.96. The van der Waals surface area contributed by atoms with E-state index < -0.39 is 11.9 Å². The van der Waals surface area contributed by atoms with Crippen molar-refractivity contribution in [1.82, 2.24) is 0 Å². The van der Waals surface area contributed by atoms with Crippen LogP contribution in [0.25, 0.3) is 0 Å². The third-order valence-electron chi connectivity index (χ3n) is 6.53. The summed E-state index contributed by atoms with van der Waals surface area (Å²) in [4.78, 5) is 12.8. The van der Waals surface area contributed by atoms with Crippen LogP contribution in [0.15, 0.2) is 72.1 Å². The van der Waals surface area contributed by atoms with Crippen LogP contribution in [0.2, 0.25) is 0 Å². The molecule has 0 fully saturated rings. The van der Waals surface area contributed by atoms with Crippen molar-refractivity contribution in [2.24, 2.45) is 5.73 Å². The summed E-state index contributed by atoms with van der Waals surface area (Å²) in [6.45, 7) is 5.41. The zero-order valence-electron chi connectivity index (χ0n) is 23.1. The van der Waals surface area contributed by atoms with Crippen LogP contribution in [0.5, 0.6) is 28.7 Å². The topological polar surface area (TPSA) is 113 Å². The smallest absolute Gasteiger partial charge is 0.343 e. The van der Waals surface area contributed by atoms with Gasteiger partial charge in [-0.05, 0) is 60.9 Å². The first-order valence-corrected chi connectivity index (χ1v) is 13.5. The highest BCUT2D eigenvalue weighted by atomic mass is 16.5. The molecule has 0 aromatic heterocycles. The number of carbonyl (C=O) groups is 1. The third kappa shape index (κ3) is 6.49. The molecule has 8 heteroatoms. The molecule has 1 aliphatic rings. The molecule has 3 aromatic rings. The maximum Gasteiger partial charge on any atom is 0.343 e. The maximum atomic E-state index is 12.8. The lowest BCUT2D eigenvalue weighted by Gasteiger charge is -2.27. The van der Waals surface area contributed by atoms with Crippen LogP contribution in [-0.4, -0.2) is 26.3 Å². The number of nitrogens with two attached hydrogens (primary N) is 1. The Bertz CT molecular complexity index is 1410. The number of esters is 1. The molecule has 1 unspecified atom stereocenters. The van der Waals surface area contributed by atoms with E-state index >= 15 is 0 Å². The number of nitrogens with zero attached hydrogens (tertiary/aromatic N) is 1. The Labute approximate surface area is 234 Å². The predicted molar refractivity (Wildman–Crippen MR) is 151 cm³/mol. The second-order valence-electron chi connectivity index (χ2n) is 9.35. The number of hydrogen-bond donors (Lipinski definition) is 1. The number of rotatable bonds is 12. The van der Waals surface area contributed by atoms with E-state index in [1.54, 1.807) is 49.6 Å². The predicted octanol–water partition coefficient (Wildman–Crippen LogP) is 6.49. The fourth-order valence-electron chi connectivity index (χ4n) is 4.34. The summed E-state index contributed by atoms with van der Waals surface area (Å²) in [6, 6.07) is 19.6. The fourth-order valence-corrected chi connectivity index (χ4v) is 4.34. The Hall–Kier alpha value is -4.64. The molecule has 0 amide bonds. The Morgan fingerprint density at radius 1 is 0.925 bits per heavy atom. The molecule has 2 N–H and O–H groups in total. The number of ether oxygens (including phenoxy) is 5. The highest BCUT2D eigenvalue weighted by molar-refractivity contribution is 5.91. The number of allylic oxidation sites excluding steroid dienone is 1. The van der Waals surface area contributed by atoms with E-state index in [0.29, 0.717) is 47.3 Å². The molecule has 1 heterocycles. The van der Waals surface area contributed by atoms with E-state index in [9.17, 15) is 10.1 Å². The molecule has 4 rings (SSSR count). The summed E-state index contributed by atoms with van der Waals surface area (Å²) in [5, 5.41) is 9.92. The SMILES string of the molecule is CCCCOc1ccc(C(=O)Oc2ccc3c(c2)OC(N)=C(C#N)C3c2ccc(OCCCC)c(OC)c2)cc1. The van der Waals surface area contributed by atoms with Gasteiger partial charge in [0.2, 0.25) is 5.88 Å². The highest BCUT2D eigenvalue weighted by Crippen LogP contribution is 2.45. The van der Waals surface area contributed by atoms with E-state index in [1.807, 2.05) is 18.2 Å². The summed E-state index contributed by atoms with van der Waals surface area (Å²) in [7, 11) is 1.58. The molecule has 0 spiro atoms. The first kappa shape index (κ1) is 28.4. The lowest BCUT2D eigenvalue weighted by atomic mass is 9.83. The van der Waals surface area contributed by atoms with Crippen molar-refractivity contribution in [1.29, 1.82) is 5.26 Å².